The molecule has 25 heavy (non-hydrogen) atoms. The molecule has 0 saturated heterocycles. The van der Waals surface area contributed by atoms with Crippen LogP contribution in [0.15, 0.2) is 42.5 Å². The first-order valence-corrected chi connectivity index (χ1v) is 7.98. The molecule has 1 amide bonds. The minimum absolute atomic E-state index is 0.0700. The number of benzene rings is 2. The number of rotatable bonds is 6. The van der Waals surface area contributed by atoms with Gasteiger partial charge in [0, 0.05) is 18.2 Å². The number of hydrogen-bond acceptors (Lipinski definition) is 4. The summed E-state index contributed by atoms with van der Waals surface area (Å²) in [7, 11) is 0. The van der Waals surface area contributed by atoms with Crippen molar-refractivity contribution >= 4 is 23.3 Å². The Kier molecular flexibility index (Phi) is 6.06. The van der Waals surface area contributed by atoms with Crippen molar-refractivity contribution in [1.82, 2.24) is 0 Å². The molecule has 2 aromatic carbocycles. The molecule has 0 atom stereocenters. The summed E-state index contributed by atoms with van der Waals surface area (Å²) in [6.07, 6.45) is 0.0700. The Balaban J connectivity index is 1.87. The summed E-state index contributed by atoms with van der Waals surface area (Å²) < 4.78 is 5.08. The van der Waals surface area contributed by atoms with E-state index in [4.69, 9.17) is 4.74 Å². The number of hydrogen-bond donors (Lipinski definition) is 1. The first-order chi connectivity index (χ1) is 11.8. The lowest BCUT2D eigenvalue weighted by atomic mass is 10.0. The Morgan fingerprint density at radius 3 is 2.28 bits per heavy atom. The number of nitrogens with one attached hydrogen (secondary N) is 1. The van der Waals surface area contributed by atoms with Crippen LogP contribution in [0.3, 0.4) is 0 Å². The summed E-state index contributed by atoms with van der Waals surface area (Å²) in [6.45, 7) is 4.97. The van der Waals surface area contributed by atoms with E-state index in [1.165, 1.54) is 6.92 Å². The zero-order valence-electron chi connectivity index (χ0n) is 14.6. The number of carbonyl (C=O) groups is 3. The third kappa shape index (κ3) is 5.57. The van der Waals surface area contributed by atoms with Crippen molar-refractivity contribution in [2.75, 3.05) is 11.9 Å². The van der Waals surface area contributed by atoms with E-state index >= 15 is 0 Å². The zero-order valence-corrected chi connectivity index (χ0v) is 14.6. The van der Waals surface area contributed by atoms with Crippen molar-refractivity contribution < 1.29 is 19.1 Å². The molecule has 0 aliphatic rings. The number of esters is 1. The highest BCUT2D eigenvalue weighted by Gasteiger charge is 2.12. The van der Waals surface area contributed by atoms with Crippen molar-refractivity contribution in [3.05, 3.63) is 64.7 Å². The van der Waals surface area contributed by atoms with Gasteiger partial charge in [0.2, 0.25) is 11.7 Å². The maximum Gasteiger partial charge on any atom is 0.310 e. The van der Waals surface area contributed by atoms with Gasteiger partial charge in [0.25, 0.3) is 0 Å². The summed E-state index contributed by atoms with van der Waals surface area (Å²) in [6, 6.07) is 12.4. The summed E-state index contributed by atoms with van der Waals surface area (Å²) in [4.78, 5) is 35.0. The predicted octanol–water partition coefficient (Wildman–Crippen LogP) is 3.23. The second-order valence-corrected chi connectivity index (χ2v) is 5.96. The van der Waals surface area contributed by atoms with Crippen LogP contribution in [-0.4, -0.2) is 24.3 Å². The van der Waals surface area contributed by atoms with Crippen molar-refractivity contribution in [2.24, 2.45) is 0 Å². The SMILES string of the molecule is CC(=O)Nc1ccc(CC(=O)OCC(=O)c2ccc(C)cc2C)cc1. The topological polar surface area (TPSA) is 72.5 Å². The second kappa shape index (κ2) is 8.24. The van der Waals surface area contributed by atoms with Gasteiger partial charge in [-0.15, -0.1) is 0 Å². The zero-order chi connectivity index (χ0) is 18.4. The molecular weight excluding hydrogens is 318 g/mol. The molecule has 0 aliphatic carbocycles. The molecule has 0 radical (unpaired) electrons. The van der Waals surface area contributed by atoms with E-state index in [1.54, 1.807) is 30.3 Å². The van der Waals surface area contributed by atoms with E-state index < -0.39 is 5.97 Å². The van der Waals surface area contributed by atoms with E-state index in [2.05, 4.69) is 5.32 Å². The van der Waals surface area contributed by atoms with Crippen LogP contribution >= 0.6 is 0 Å². The first-order valence-electron chi connectivity index (χ1n) is 7.98. The van der Waals surface area contributed by atoms with Gasteiger partial charge in [-0.2, -0.15) is 0 Å². The monoisotopic (exact) mass is 339 g/mol. The Bertz CT molecular complexity index is 794. The lowest BCUT2D eigenvalue weighted by Gasteiger charge is -2.08. The maximum atomic E-state index is 12.2. The van der Waals surface area contributed by atoms with Crippen LogP contribution in [0.5, 0.6) is 0 Å². The number of Topliss-reactive ketones (excluding diaryl/α,β-unsaturated/α-hetero) is 1. The highest BCUT2D eigenvalue weighted by molar-refractivity contribution is 5.99. The number of ketones is 1. The quantitative estimate of drug-likeness (QED) is 0.648. The third-order valence-electron chi connectivity index (χ3n) is 3.67. The van der Waals surface area contributed by atoms with Gasteiger partial charge in [-0.1, -0.05) is 35.9 Å². The molecule has 0 aromatic heterocycles. The van der Waals surface area contributed by atoms with Crippen molar-refractivity contribution in [3.63, 3.8) is 0 Å². The molecule has 0 heterocycles. The third-order valence-corrected chi connectivity index (χ3v) is 3.67. The molecule has 0 fully saturated rings. The van der Waals surface area contributed by atoms with Crippen LogP contribution < -0.4 is 5.32 Å². The van der Waals surface area contributed by atoms with E-state index in [0.29, 0.717) is 11.3 Å². The number of ether oxygens (including phenoxy) is 1. The lowest BCUT2D eigenvalue weighted by molar-refractivity contribution is -0.141. The minimum Gasteiger partial charge on any atom is -0.457 e. The molecule has 2 aromatic rings. The fourth-order valence-electron chi connectivity index (χ4n) is 2.48. The van der Waals surface area contributed by atoms with Gasteiger partial charge in [0.15, 0.2) is 6.61 Å². The van der Waals surface area contributed by atoms with E-state index in [9.17, 15) is 14.4 Å². The van der Waals surface area contributed by atoms with Crippen LogP contribution in [0, 0.1) is 13.8 Å². The van der Waals surface area contributed by atoms with Crippen LogP contribution in [0.4, 0.5) is 5.69 Å². The largest absolute Gasteiger partial charge is 0.457 e. The smallest absolute Gasteiger partial charge is 0.310 e. The number of amides is 1. The first kappa shape index (κ1) is 18.4. The molecule has 0 saturated carbocycles. The Hall–Kier alpha value is -2.95. The summed E-state index contributed by atoms with van der Waals surface area (Å²) in [5.41, 5.74) is 3.93. The fourth-order valence-corrected chi connectivity index (χ4v) is 2.48. The standard InChI is InChI=1S/C20H21NO4/c1-13-4-9-18(14(2)10-13)19(23)12-25-20(24)11-16-5-7-17(8-6-16)21-15(3)22/h4-10H,11-12H2,1-3H3,(H,21,22). The van der Waals surface area contributed by atoms with Gasteiger partial charge in [-0.05, 0) is 37.1 Å². The molecule has 5 nitrogen and oxygen atoms in total. The molecule has 0 bridgehead atoms. The molecule has 0 aliphatic heterocycles. The predicted molar refractivity (Wildman–Crippen MR) is 95.7 cm³/mol. The van der Waals surface area contributed by atoms with Gasteiger partial charge in [0.05, 0.1) is 6.42 Å². The van der Waals surface area contributed by atoms with Crippen LogP contribution in [0.25, 0.3) is 0 Å². The number of aryl methyl sites for hydroxylation is 2. The van der Waals surface area contributed by atoms with Gasteiger partial charge in [0.1, 0.15) is 0 Å². The summed E-state index contributed by atoms with van der Waals surface area (Å²) in [5, 5.41) is 2.65. The van der Waals surface area contributed by atoms with Gasteiger partial charge < -0.3 is 10.1 Å². The molecule has 0 spiro atoms. The maximum absolute atomic E-state index is 12.2. The normalized spacial score (nSPS) is 10.2. The molecule has 0 unspecified atom stereocenters. The summed E-state index contributed by atoms with van der Waals surface area (Å²) >= 11 is 0. The molecule has 1 N–H and O–H groups in total. The minimum atomic E-state index is -0.467. The second-order valence-electron chi connectivity index (χ2n) is 5.96. The molecule has 130 valence electrons. The van der Waals surface area contributed by atoms with Crippen molar-refractivity contribution in [1.29, 1.82) is 0 Å². The highest BCUT2D eigenvalue weighted by Crippen LogP contribution is 2.13. The Morgan fingerprint density at radius 1 is 1.00 bits per heavy atom. The molecule has 2 rings (SSSR count). The lowest BCUT2D eigenvalue weighted by Crippen LogP contribution is -2.16. The van der Waals surface area contributed by atoms with Gasteiger partial charge >= 0.3 is 5.97 Å². The molecule has 5 heteroatoms. The average Bonchev–Trinajstić information content (AvgIpc) is 2.54. The van der Waals surface area contributed by atoms with Gasteiger partial charge in [-0.25, -0.2) is 0 Å². The van der Waals surface area contributed by atoms with Crippen LogP contribution in [0.1, 0.15) is 34.0 Å². The van der Waals surface area contributed by atoms with E-state index in [-0.39, 0.29) is 24.7 Å². The van der Waals surface area contributed by atoms with Crippen molar-refractivity contribution in [2.45, 2.75) is 27.2 Å². The average molecular weight is 339 g/mol. The van der Waals surface area contributed by atoms with Gasteiger partial charge in [-0.3, -0.25) is 14.4 Å². The number of carbonyl (C=O) groups excluding carboxylic acids is 3. The fraction of sp³-hybridized carbons (Fsp3) is 0.250. The number of anilines is 1. The highest BCUT2D eigenvalue weighted by atomic mass is 16.5. The van der Waals surface area contributed by atoms with Crippen LogP contribution in [-0.2, 0) is 20.7 Å². The van der Waals surface area contributed by atoms with E-state index in [0.717, 1.165) is 16.7 Å². The Morgan fingerprint density at radius 2 is 1.68 bits per heavy atom. The Labute approximate surface area is 147 Å². The van der Waals surface area contributed by atoms with Crippen molar-refractivity contribution in [3.8, 4) is 0 Å². The summed E-state index contributed by atoms with van der Waals surface area (Å²) in [5.74, 6) is -0.839. The van der Waals surface area contributed by atoms with E-state index in [1.807, 2.05) is 26.0 Å². The van der Waals surface area contributed by atoms with Crippen LogP contribution in [0.2, 0.25) is 0 Å². The molecular formula is C20H21NO4.